The van der Waals surface area contributed by atoms with E-state index in [1.54, 1.807) is 27.2 Å². The summed E-state index contributed by atoms with van der Waals surface area (Å²) in [5, 5.41) is 19.5. The molecule has 1 aromatic carbocycles. The van der Waals surface area contributed by atoms with Gasteiger partial charge in [-0.2, -0.15) is 0 Å². The third-order valence-corrected chi connectivity index (χ3v) is 4.19. The van der Waals surface area contributed by atoms with Crippen LogP contribution in [-0.2, 0) is 4.79 Å². The fourth-order valence-electron chi connectivity index (χ4n) is 2.51. The molecule has 0 saturated heterocycles. The predicted octanol–water partition coefficient (Wildman–Crippen LogP) is 4.99. The summed E-state index contributed by atoms with van der Waals surface area (Å²) in [5.74, 6) is -0.415. The summed E-state index contributed by atoms with van der Waals surface area (Å²) in [6.07, 6.45) is 5.21. The largest absolute Gasteiger partial charge is 0.507 e. The summed E-state index contributed by atoms with van der Waals surface area (Å²) in [6, 6.07) is 5.52. The normalized spacial score (nSPS) is 13.3. The number of rotatable bonds is 10. The number of ether oxygens (including phenoxy) is 2. The number of carboxylic acids is 1. The molecule has 0 bridgehead atoms. The Bertz CT molecular complexity index is 875. The first-order valence-electron chi connectivity index (χ1n) is 9.20. The number of hydrogen-bond donors (Lipinski definition) is 2. The van der Waals surface area contributed by atoms with Crippen molar-refractivity contribution in [2.24, 2.45) is 4.99 Å². The minimum absolute atomic E-state index is 0.251. The molecule has 0 aromatic heterocycles. The summed E-state index contributed by atoms with van der Waals surface area (Å²) in [6.45, 7) is 10.2. The van der Waals surface area contributed by atoms with Gasteiger partial charge < -0.3 is 19.7 Å². The number of allylic oxidation sites excluding steroid dienone is 5. The third kappa shape index (κ3) is 6.68. The van der Waals surface area contributed by atoms with Crippen molar-refractivity contribution in [3.8, 4) is 11.5 Å². The smallest absolute Gasteiger partial charge is 0.341 e. The van der Waals surface area contributed by atoms with Crippen LogP contribution in [0.25, 0.3) is 5.57 Å². The third-order valence-electron chi connectivity index (χ3n) is 4.19. The van der Waals surface area contributed by atoms with Crippen LogP contribution in [0.15, 0.2) is 64.4 Å². The van der Waals surface area contributed by atoms with Gasteiger partial charge in [0.25, 0.3) is 0 Å². The van der Waals surface area contributed by atoms with Gasteiger partial charge in [-0.15, -0.1) is 0 Å². The molecule has 1 rings (SSSR count). The highest BCUT2D eigenvalue weighted by molar-refractivity contribution is 6.09. The van der Waals surface area contributed by atoms with E-state index in [9.17, 15) is 15.0 Å². The van der Waals surface area contributed by atoms with E-state index < -0.39 is 5.97 Å². The zero-order valence-electron chi connectivity index (χ0n) is 17.7. The summed E-state index contributed by atoms with van der Waals surface area (Å²) >= 11 is 0. The second kappa shape index (κ2) is 11.5. The fraction of sp³-hybridized carbons (Fsp3) is 0.304. The van der Waals surface area contributed by atoms with Crippen LogP contribution in [0.1, 0.15) is 32.8 Å². The zero-order valence-corrected chi connectivity index (χ0v) is 17.7. The molecule has 0 aliphatic rings. The van der Waals surface area contributed by atoms with Crippen molar-refractivity contribution < 1.29 is 24.5 Å². The van der Waals surface area contributed by atoms with Gasteiger partial charge in [-0.05, 0) is 49.1 Å². The van der Waals surface area contributed by atoms with Gasteiger partial charge >= 0.3 is 5.97 Å². The number of methoxy groups -OCH3 is 2. The molecule has 6 nitrogen and oxygen atoms in total. The van der Waals surface area contributed by atoms with Crippen LogP contribution < -0.4 is 9.47 Å². The molecule has 0 spiro atoms. The van der Waals surface area contributed by atoms with E-state index in [2.05, 4.69) is 11.6 Å². The number of aliphatic imine (C=N–C) groups is 1. The Morgan fingerprint density at radius 3 is 2.34 bits per heavy atom. The minimum atomic E-state index is -1.24. The Balaban J connectivity index is 3.24. The zero-order chi connectivity index (χ0) is 22.0. The Morgan fingerprint density at radius 1 is 1.14 bits per heavy atom. The standard InChI is InChI=1S/C23H29NO5/c1-7-11-24-14-19(23(26)27)20(25)13-16(3)15(2)12-17(4)18-9-8-10-21(28-5)22(18)29-6/h8-10,12-14,25H,4,7,11H2,1-3,5-6H3,(H,26,27)/b15-12+,16-13+,20-19-,24-14?. The first-order valence-corrected chi connectivity index (χ1v) is 9.20. The molecule has 0 amide bonds. The van der Waals surface area contributed by atoms with Crippen LogP contribution in [0.5, 0.6) is 11.5 Å². The highest BCUT2D eigenvalue weighted by Crippen LogP contribution is 2.35. The van der Waals surface area contributed by atoms with Crippen molar-refractivity contribution >= 4 is 17.8 Å². The lowest BCUT2D eigenvalue weighted by Crippen LogP contribution is -2.06. The fourth-order valence-corrected chi connectivity index (χ4v) is 2.51. The molecule has 0 unspecified atom stereocenters. The molecule has 0 radical (unpaired) electrons. The van der Waals surface area contributed by atoms with Crippen LogP contribution in [0.4, 0.5) is 0 Å². The summed E-state index contributed by atoms with van der Waals surface area (Å²) in [7, 11) is 3.13. The summed E-state index contributed by atoms with van der Waals surface area (Å²) < 4.78 is 10.8. The maximum atomic E-state index is 11.4. The maximum absolute atomic E-state index is 11.4. The molecule has 6 heteroatoms. The van der Waals surface area contributed by atoms with Crippen LogP contribution in [0, 0.1) is 0 Å². The monoisotopic (exact) mass is 399 g/mol. The van der Waals surface area contributed by atoms with Gasteiger partial charge in [-0.3, -0.25) is 4.99 Å². The number of aliphatic hydroxyl groups excluding tert-OH is 1. The lowest BCUT2D eigenvalue weighted by atomic mass is 10.00. The Kier molecular flexibility index (Phi) is 9.45. The van der Waals surface area contributed by atoms with E-state index in [1.165, 1.54) is 12.3 Å². The SMILES string of the molecule is C=C(/C=C(C)/C(C)=C/C(O)=C(\C=NCCC)C(=O)O)c1cccc(OC)c1OC. The predicted molar refractivity (Wildman–Crippen MR) is 117 cm³/mol. The van der Waals surface area contributed by atoms with Gasteiger partial charge in [-0.25, -0.2) is 4.79 Å². The number of carbonyl (C=O) groups is 1. The molecule has 0 atom stereocenters. The van der Waals surface area contributed by atoms with E-state index in [0.29, 0.717) is 29.2 Å². The maximum Gasteiger partial charge on any atom is 0.341 e. The second-order valence-electron chi connectivity index (χ2n) is 6.36. The quantitative estimate of drug-likeness (QED) is 0.250. The lowest BCUT2D eigenvalue weighted by molar-refractivity contribution is -0.132. The second-order valence-corrected chi connectivity index (χ2v) is 6.36. The van der Waals surface area contributed by atoms with Gasteiger partial charge in [-0.1, -0.05) is 31.7 Å². The molecular formula is C23H29NO5. The van der Waals surface area contributed by atoms with Gasteiger partial charge in [0.15, 0.2) is 11.5 Å². The first-order chi connectivity index (χ1) is 13.8. The Hall–Kier alpha value is -3.28. The van der Waals surface area contributed by atoms with E-state index in [0.717, 1.165) is 17.6 Å². The van der Waals surface area contributed by atoms with Crippen molar-refractivity contribution in [3.05, 3.63) is 65.0 Å². The van der Waals surface area contributed by atoms with Gasteiger partial charge in [0, 0.05) is 18.3 Å². The molecule has 0 fully saturated rings. The molecule has 0 aliphatic heterocycles. The Morgan fingerprint density at radius 2 is 1.79 bits per heavy atom. The van der Waals surface area contributed by atoms with Crippen molar-refractivity contribution in [1.29, 1.82) is 0 Å². The Labute approximate surface area is 172 Å². The molecule has 29 heavy (non-hydrogen) atoms. The van der Waals surface area contributed by atoms with Gasteiger partial charge in [0.1, 0.15) is 11.3 Å². The van der Waals surface area contributed by atoms with Crippen LogP contribution in [0.2, 0.25) is 0 Å². The van der Waals surface area contributed by atoms with Crippen molar-refractivity contribution in [1.82, 2.24) is 0 Å². The van der Waals surface area contributed by atoms with Crippen molar-refractivity contribution in [2.75, 3.05) is 20.8 Å². The first kappa shape index (κ1) is 23.8. The molecule has 156 valence electrons. The molecule has 0 heterocycles. The van der Waals surface area contributed by atoms with E-state index in [1.807, 2.05) is 32.1 Å². The van der Waals surface area contributed by atoms with Gasteiger partial charge in [0.05, 0.1) is 14.2 Å². The number of benzene rings is 1. The molecule has 0 aliphatic carbocycles. The average Bonchev–Trinajstić information content (AvgIpc) is 2.69. The molecule has 2 N–H and O–H groups in total. The number of nitrogens with zero attached hydrogens (tertiary/aromatic N) is 1. The average molecular weight is 399 g/mol. The molecule has 1 aromatic rings. The number of aliphatic carboxylic acids is 1. The van der Waals surface area contributed by atoms with E-state index >= 15 is 0 Å². The van der Waals surface area contributed by atoms with E-state index in [4.69, 9.17) is 9.47 Å². The van der Waals surface area contributed by atoms with Crippen molar-refractivity contribution in [2.45, 2.75) is 27.2 Å². The molecule has 0 saturated carbocycles. The number of para-hydroxylation sites is 1. The van der Waals surface area contributed by atoms with Gasteiger partial charge in [0.2, 0.25) is 0 Å². The number of carboxylic acid groups (broad SMARTS) is 1. The van der Waals surface area contributed by atoms with Crippen LogP contribution >= 0.6 is 0 Å². The highest BCUT2D eigenvalue weighted by Gasteiger charge is 2.13. The van der Waals surface area contributed by atoms with E-state index in [-0.39, 0.29) is 11.3 Å². The summed E-state index contributed by atoms with van der Waals surface area (Å²) in [4.78, 5) is 15.4. The van der Waals surface area contributed by atoms with Crippen LogP contribution in [0.3, 0.4) is 0 Å². The topological polar surface area (TPSA) is 88.4 Å². The number of aliphatic hydroxyl groups is 1. The van der Waals surface area contributed by atoms with Crippen molar-refractivity contribution in [3.63, 3.8) is 0 Å². The molecular weight excluding hydrogens is 370 g/mol. The summed E-state index contributed by atoms with van der Waals surface area (Å²) in [5.41, 5.74) is 2.71. The highest BCUT2D eigenvalue weighted by atomic mass is 16.5. The van der Waals surface area contributed by atoms with Crippen LogP contribution in [-0.4, -0.2) is 43.2 Å². The number of hydrogen-bond acceptors (Lipinski definition) is 5. The lowest BCUT2D eigenvalue weighted by Gasteiger charge is -2.13. The minimum Gasteiger partial charge on any atom is -0.507 e.